The number of carbonyl (C=O) groups is 1. The van der Waals surface area contributed by atoms with Crippen molar-refractivity contribution in [2.24, 2.45) is 0 Å². The van der Waals surface area contributed by atoms with E-state index in [1.165, 1.54) is 11.8 Å². The van der Waals surface area contributed by atoms with Gasteiger partial charge < -0.3 is 10.1 Å². The predicted molar refractivity (Wildman–Crippen MR) is 101 cm³/mol. The molecule has 8 heteroatoms. The van der Waals surface area contributed by atoms with Crippen molar-refractivity contribution in [1.82, 2.24) is 20.2 Å². The number of hydrogen-bond donors (Lipinski definition) is 1. The van der Waals surface area contributed by atoms with Crippen LogP contribution in [0.4, 0.5) is 5.69 Å². The minimum atomic E-state index is -0.339. The van der Waals surface area contributed by atoms with E-state index in [9.17, 15) is 4.79 Å². The highest BCUT2D eigenvalue weighted by Crippen LogP contribution is 2.28. The third-order valence-electron chi connectivity index (χ3n) is 3.72. The van der Waals surface area contributed by atoms with Gasteiger partial charge in [-0.25, -0.2) is 0 Å². The third-order valence-corrected chi connectivity index (χ3v) is 5.01. The van der Waals surface area contributed by atoms with Crippen molar-refractivity contribution < 1.29 is 9.53 Å². The van der Waals surface area contributed by atoms with Crippen LogP contribution in [-0.4, -0.2) is 38.5 Å². The summed E-state index contributed by atoms with van der Waals surface area (Å²) < 4.78 is 6.91. The van der Waals surface area contributed by atoms with Crippen LogP contribution >= 0.6 is 11.8 Å². The summed E-state index contributed by atoms with van der Waals surface area (Å²) in [5.74, 6) is 0.499. The maximum atomic E-state index is 12.7. The lowest BCUT2D eigenvalue weighted by molar-refractivity contribution is -0.115. The van der Waals surface area contributed by atoms with Gasteiger partial charge in [0.15, 0.2) is 0 Å². The first-order chi connectivity index (χ1) is 12.7. The number of nitrogens with zero attached hydrogens (tertiary/aromatic N) is 4. The Hall–Kier alpha value is -2.87. The van der Waals surface area contributed by atoms with Crippen molar-refractivity contribution in [1.29, 1.82) is 0 Å². The molecule has 26 heavy (non-hydrogen) atoms. The second kappa shape index (κ2) is 8.48. The van der Waals surface area contributed by atoms with E-state index >= 15 is 0 Å². The van der Waals surface area contributed by atoms with Gasteiger partial charge in [0.1, 0.15) is 5.75 Å². The lowest BCUT2D eigenvalue weighted by atomic mass is 10.2. The first kappa shape index (κ1) is 17.9. The number of carbonyl (C=O) groups excluding carboxylic acids is 1. The van der Waals surface area contributed by atoms with E-state index in [2.05, 4.69) is 20.8 Å². The molecule has 0 spiro atoms. The molecule has 0 unspecified atom stereocenters. The molecule has 1 amide bonds. The Morgan fingerprint density at radius 1 is 1.19 bits per heavy atom. The molecule has 0 bridgehead atoms. The molecule has 2 aromatic carbocycles. The summed E-state index contributed by atoms with van der Waals surface area (Å²) in [6.45, 7) is 1.95. The molecule has 0 radical (unpaired) electrons. The maximum absolute atomic E-state index is 12.7. The van der Waals surface area contributed by atoms with Gasteiger partial charge >= 0.3 is 0 Å². The number of amides is 1. The average Bonchev–Trinajstić information content (AvgIpc) is 3.15. The fraction of sp³-hybridized carbons (Fsp3) is 0.222. The molecule has 0 fully saturated rings. The smallest absolute Gasteiger partial charge is 0.238 e. The summed E-state index contributed by atoms with van der Waals surface area (Å²) >= 11 is 1.33. The lowest BCUT2D eigenvalue weighted by Crippen LogP contribution is -2.25. The predicted octanol–water partition coefficient (Wildman–Crippen LogP) is 3.18. The van der Waals surface area contributed by atoms with E-state index < -0.39 is 0 Å². The molecule has 1 atom stereocenters. The van der Waals surface area contributed by atoms with Crippen molar-refractivity contribution in [2.45, 2.75) is 23.8 Å². The highest BCUT2D eigenvalue weighted by atomic mass is 32.2. The van der Waals surface area contributed by atoms with Gasteiger partial charge in [0.25, 0.3) is 0 Å². The number of aromatic nitrogens is 4. The van der Waals surface area contributed by atoms with Gasteiger partial charge in [-0.2, -0.15) is 4.68 Å². The number of benzene rings is 2. The van der Waals surface area contributed by atoms with E-state index in [1.807, 2.05) is 55.5 Å². The molecule has 134 valence electrons. The number of anilines is 1. The zero-order chi connectivity index (χ0) is 18.4. The molecule has 3 rings (SSSR count). The Labute approximate surface area is 155 Å². The molecule has 0 saturated carbocycles. The van der Waals surface area contributed by atoms with E-state index in [0.29, 0.717) is 23.0 Å². The average molecular weight is 369 g/mol. The van der Waals surface area contributed by atoms with Crippen molar-refractivity contribution in [3.63, 3.8) is 0 Å². The highest BCUT2D eigenvalue weighted by molar-refractivity contribution is 8.00. The van der Waals surface area contributed by atoms with Gasteiger partial charge in [0.05, 0.1) is 23.7 Å². The van der Waals surface area contributed by atoms with Crippen LogP contribution in [-0.2, 0) is 4.79 Å². The Kier molecular flexibility index (Phi) is 5.85. The minimum absolute atomic E-state index is 0.121. The largest absolute Gasteiger partial charge is 0.495 e. The van der Waals surface area contributed by atoms with Crippen LogP contribution < -0.4 is 10.1 Å². The Bertz CT molecular complexity index is 869. The molecule has 0 aliphatic rings. The zero-order valence-electron chi connectivity index (χ0n) is 14.5. The summed E-state index contributed by atoms with van der Waals surface area (Å²) in [5, 5.41) is 15.0. The van der Waals surface area contributed by atoms with Gasteiger partial charge in [-0.3, -0.25) is 4.79 Å². The van der Waals surface area contributed by atoms with E-state index in [1.54, 1.807) is 17.9 Å². The van der Waals surface area contributed by atoms with Crippen LogP contribution in [0.15, 0.2) is 59.8 Å². The molecule has 0 saturated heterocycles. The summed E-state index contributed by atoms with van der Waals surface area (Å²) in [4.78, 5) is 12.7. The standard InChI is InChI=1S/C18H19N5O2S/c1-3-16(17(24)19-14-11-7-8-12-15(14)25-2)26-18-20-21-22-23(18)13-9-5-4-6-10-13/h4-12,16H,3H2,1-2H3,(H,19,24)/t16-/m0/s1. The third kappa shape index (κ3) is 4.02. The first-order valence-corrected chi connectivity index (χ1v) is 9.05. The zero-order valence-corrected chi connectivity index (χ0v) is 15.3. The van der Waals surface area contributed by atoms with Crippen LogP contribution in [0, 0.1) is 0 Å². The number of hydrogen-bond acceptors (Lipinski definition) is 6. The maximum Gasteiger partial charge on any atom is 0.238 e. The summed E-state index contributed by atoms with van der Waals surface area (Å²) in [6.07, 6.45) is 0.632. The van der Waals surface area contributed by atoms with Crippen molar-refractivity contribution in [3.8, 4) is 11.4 Å². The molecule has 1 aromatic heterocycles. The second-order valence-electron chi connectivity index (χ2n) is 5.41. The van der Waals surface area contributed by atoms with Crippen LogP contribution in [0.5, 0.6) is 5.75 Å². The number of para-hydroxylation sites is 3. The summed E-state index contributed by atoms with van der Waals surface area (Å²) in [7, 11) is 1.57. The molecule has 1 N–H and O–H groups in total. The van der Waals surface area contributed by atoms with Gasteiger partial charge in [-0.15, -0.1) is 5.10 Å². The van der Waals surface area contributed by atoms with Crippen molar-refractivity contribution in [3.05, 3.63) is 54.6 Å². The fourth-order valence-electron chi connectivity index (χ4n) is 2.39. The Balaban J connectivity index is 1.76. The van der Waals surface area contributed by atoms with Gasteiger partial charge in [0, 0.05) is 0 Å². The number of nitrogens with one attached hydrogen (secondary N) is 1. The molecular weight excluding hydrogens is 350 g/mol. The number of ether oxygens (including phenoxy) is 1. The van der Waals surface area contributed by atoms with E-state index in [-0.39, 0.29) is 11.2 Å². The number of rotatable bonds is 7. The van der Waals surface area contributed by atoms with Crippen LogP contribution in [0.25, 0.3) is 5.69 Å². The summed E-state index contributed by atoms with van der Waals surface area (Å²) in [5.41, 5.74) is 1.49. The normalized spacial score (nSPS) is 11.8. The highest BCUT2D eigenvalue weighted by Gasteiger charge is 2.22. The minimum Gasteiger partial charge on any atom is -0.495 e. The van der Waals surface area contributed by atoms with Crippen molar-refractivity contribution >= 4 is 23.4 Å². The van der Waals surface area contributed by atoms with Gasteiger partial charge in [-0.05, 0) is 41.1 Å². The van der Waals surface area contributed by atoms with Crippen LogP contribution in [0.1, 0.15) is 13.3 Å². The summed E-state index contributed by atoms with van der Waals surface area (Å²) in [6, 6.07) is 16.9. The molecule has 1 heterocycles. The number of methoxy groups -OCH3 is 1. The second-order valence-corrected chi connectivity index (χ2v) is 6.58. The number of thioether (sulfide) groups is 1. The topological polar surface area (TPSA) is 81.9 Å². The molecular formula is C18H19N5O2S. The van der Waals surface area contributed by atoms with E-state index in [4.69, 9.17) is 4.74 Å². The van der Waals surface area contributed by atoms with Crippen LogP contribution in [0.2, 0.25) is 0 Å². The van der Waals surface area contributed by atoms with E-state index in [0.717, 1.165) is 5.69 Å². The number of tetrazole rings is 1. The SMILES string of the molecule is CC[C@H](Sc1nnnn1-c1ccccc1)C(=O)Nc1ccccc1OC. The molecule has 0 aliphatic carbocycles. The fourth-order valence-corrected chi connectivity index (χ4v) is 3.31. The molecule has 3 aromatic rings. The Morgan fingerprint density at radius 2 is 1.92 bits per heavy atom. The van der Waals surface area contributed by atoms with Crippen LogP contribution in [0.3, 0.4) is 0 Å². The molecule has 0 aliphatic heterocycles. The lowest BCUT2D eigenvalue weighted by Gasteiger charge is -2.15. The van der Waals surface area contributed by atoms with Crippen molar-refractivity contribution in [2.75, 3.05) is 12.4 Å². The monoisotopic (exact) mass is 369 g/mol. The van der Waals surface area contributed by atoms with Gasteiger partial charge in [-0.1, -0.05) is 49.0 Å². The first-order valence-electron chi connectivity index (χ1n) is 8.17. The quantitative estimate of drug-likeness (QED) is 0.644. The molecule has 7 nitrogen and oxygen atoms in total. The Morgan fingerprint density at radius 3 is 2.65 bits per heavy atom. The van der Waals surface area contributed by atoms with Gasteiger partial charge in [0.2, 0.25) is 11.1 Å².